The molecule has 0 radical (unpaired) electrons. The molecule has 1 aromatic carbocycles. The van der Waals surface area contributed by atoms with Crippen LogP contribution in [0.3, 0.4) is 0 Å². The summed E-state index contributed by atoms with van der Waals surface area (Å²) in [5.74, 6) is 2.20. The average Bonchev–Trinajstić information content (AvgIpc) is 3.33. The Balaban J connectivity index is 1.47. The summed E-state index contributed by atoms with van der Waals surface area (Å²) >= 11 is 1.63. The Kier molecular flexibility index (Phi) is 4.02. The number of rotatable bonds is 2. The summed E-state index contributed by atoms with van der Waals surface area (Å²) < 4.78 is 18.1. The number of benzene rings is 1. The van der Waals surface area contributed by atoms with Crippen LogP contribution in [0.15, 0.2) is 30.6 Å². The number of halogens is 1. The summed E-state index contributed by atoms with van der Waals surface area (Å²) in [6.07, 6.45) is 4.69. The maximum Gasteiger partial charge on any atom is 0.270 e. The summed E-state index contributed by atoms with van der Waals surface area (Å²) in [6, 6.07) is 6.19. The molecule has 1 aliphatic heterocycles. The first-order chi connectivity index (χ1) is 13.5. The van der Waals surface area contributed by atoms with Crippen LogP contribution in [-0.2, 0) is 7.05 Å². The highest BCUT2D eigenvalue weighted by atomic mass is 32.1. The zero-order valence-electron chi connectivity index (χ0n) is 15.8. The number of aromatic nitrogens is 4. The number of hydrogen-bond acceptors (Lipinski definition) is 4. The van der Waals surface area contributed by atoms with Crippen LogP contribution < -0.4 is 0 Å². The molecule has 0 saturated carbocycles. The Morgan fingerprint density at radius 2 is 2.11 bits per heavy atom. The van der Waals surface area contributed by atoms with E-state index in [2.05, 4.69) is 41.3 Å². The average molecular weight is 391 g/mol. The molecule has 0 N–H and O–H groups in total. The minimum atomic E-state index is -1.01. The molecule has 0 amide bonds. The van der Waals surface area contributed by atoms with E-state index in [1.54, 1.807) is 16.0 Å². The highest BCUT2D eigenvalue weighted by molar-refractivity contribution is 7.21. The van der Waals surface area contributed by atoms with E-state index in [0.717, 1.165) is 43.4 Å². The molecule has 1 fully saturated rings. The Morgan fingerprint density at radius 3 is 2.86 bits per heavy atom. The topological polar surface area (TPSA) is 59.4 Å². The van der Waals surface area contributed by atoms with Crippen molar-refractivity contribution < 1.29 is 4.39 Å². The lowest BCUT2D eigenvalue weighted by Gasteiger charge is -2.27. The van der Waals surface area contributed by atoms with Gasteiger partial charge in [0.25, 0.3) is 6.71 Å². The predicted molar refractivity (Wildman–Crippen MR) is 112 cm³/mol. The molecule has 0 aliphatic carbocycles. The van der Waals surface area contributed by atoms with Crippen molar-refractivity contribution in [3.05, 3.63) is 36.2 Å². The number of thiophene rings is 1. The number of aryl methyl sites for hydroxylation is 2. The van der Waals surface area contributed by atoms with E-state index in [4.69, 9.17) is 5.26 Å². The van der Waals surface area contributed by atoms with Gasteiger partial charge in [0.2, 0.25) is 0 Å². The molecule has 0 bridgehead atoms. The van der Waals surface area contributed by atoms with Crippen molar-refractivity contribution in [3.63, 3.8) is 0 Å². The Labute approximate surface area is 166 Å². The van der Waals surface area contributed by atoms with Crippen molar-refractivity contribution in [1.29, 1.82) is 5.26 Å². The molecule has 3 aromatic heterocycles. The fourth-order valence-electron chi connectivity index (χ4n) is 4.24. The summed E-state index contributed by atoms with van der Waals surface area (Å²) in [6.45, 7) is 1.91. The predicted octanol–water partition coefficient (Wildman–Crippen LogP) is 4.80. The van der Waals surface area contributed by atoms with Crippen molar-refractivity contribution >= 4 is 39.2 Å². The van der Waals surface area contributed by atoms with Crippen molar-refractivity contribution in [3.8, 4) is 16.4 Å². The van der Waals surface area contributed by atoms with E-state index in [0.29, 0.717) is 12.7 Å². The van der Waals surface area contributed by atoms with Gasteiger partial charge in [0.1, 0.15) is 11.0 Å². The summed E-state index contributed by atoms with van der Waals surface area (Å²) in [5, 5.41) is 20.4. The van der Waals surface area contributed by atoms with Gasteiger partial charge >= 0.3 is 0 Å². The highest BCUT2D eigenvalue weighted by Gasteiger charge is 2.34. The second-order valence-electron chi connectivity index (χ2n) is 7.74. The molecular formula is C20H19BFN5S. The Hall–Kier alpha value is -2.66. The summed E-state index contributed by atoms with van der Waals surface area (Å²) in [7, 11) is 1.93. The molecule has 2 unspecified atom stereocenters. The van der Waals surface area contributed by atoms with Gasteiger partial charge in [0.05, 0.1) is 11.6 Å². The molecule has 1 saturated heterocycles. The van der Waals surface area contributed by atoms with Gasteiger partial charge in [-0.3, -0.25) is 9.36 Å². The third kappa shape index (κ3) is 2.82. The largest absolute Gasteiger partial charge is 0.275 e. The first-order valence-electron chi connectivity index (χ1n) is 9.48. The zero-order valence-corrected chi connectivity index (χ0v) is 16.6. The lowest BCUT2D eigenvalue weighted by atomic mass is 9.42. The van der Waals surface area contributed by atoms with Gasteiger partial charge in [-0.2, -0.15) is 10.2 Å². The van der Waals surface area contributed by atoms with Crippen LogP contribution in [0, 0.1) is 18.2 Å². The summed E-state index contributed by atoms with van der Waals surface area (Å²) in [4.78, 5) is 2.08. The molecule has 140 valence electrons. The van der Waals surface area contributed by atoms with Crippen LogP contribution >= 0.6 is 11.3 Å². The van der Waals surface area contributed by atoms with Gasteiger partial charge in [0, 0.05) is 41.1 Å². The molecule has 1 aliphatic rings. The Bertz CT molecular complexity index is 1200. The number of nitriles is 1. The highest BCUT2D eigenvalue weighted by Crippen LogP contribution is 2.37. The standard InChI is InChI=1S/C20H19BFN5S/c1-12-5-13(6-14-9-26(2)24-19(12)14)18-7-15-10-27(25-20(15)28-18)17-3-4-21(11-23)8-16(17)22/h5-7,9-10,16-17H,3-4,8H2,1-2H3. The minimum Gasteiger partial charge on any atom is -0.275 e. The lowest BCUT2D eigenvalue weighted by Crippen LogP contribution is -2.32. The fourth-order valence-corrected chi connectivity index (χ4v) is 5.24. The van der Waals surface area contributed by atoms with E-state index < -0.39 is 6.17 Å². The number of fused-ring (bicyclic) bond motifs is 2. The monoisotopic (exact) mass is 391 g/mol. The fraction of sp³-hybridized carbons (Fsp3) is 0.350. The van der Waals surface area contributed by atoms with Crippen molar-refractivity contribution in [2.75, 3.05) is 0 Å². The zero-order chi connectivity index (χ0) is 19.4. The maximum atomic E-state index is 14.5. The molecule has 4 heterocycles. The SMILES string of the molecule is Cc1cc(-c2cc3cn(C4CCB(C#N)CC4F)nc3s2)cc2cn(C)nc12. The van der Waals surface area contributed by atoms with E-state index in [1.165, 1.54) is 0 Å². The quantitative estimate of drug-likeness (QED) is 0.461. The molecule has 2 atom stereocenters. The van der Waals surface area contributed by atoms with E-state index in [1.807, 2.05) is 24.1 Å². The third-order valence-electron chi connectivity index (χ3n) is 5.68. The second kappa shape index (κ2) is 6.45. The van der Waals surface area contributed by atoms with Crippen LogP contribution in [0.1, 0.15) is 18.0 Å². The second-order valence-corrected chi connectivity index (χ2v) is 8.77. The van der Waals surface area contributed by atoms with E-state index >= 15 is 0 Å². The van der Waals surface area contributed by atoms with E-state index in [-0.39, 0.29) is 12.8 Å². The van der Waals surface area contributed by atoms with Crippen LogP contribution in [0.5, 0.6) is 0 Å². The number of hydrogen-bond donors (Lipinski definition) is 0. The van der Waals surface area contributed by atoms with Gasteiger partial charge < -0.3 is 0 Å². The van der Waals surface area contributed by atoms with Gasteiger partial charge in [-0.15, -0.1) is 11.3 Å². The Morgan fingerprint density at radius 1 is 1.25 bits per heavy atom. The van der Waals surface area contributed by atoms with Crippen molar-refractivity contribution in [2.45, 2.75) is 38.2 Å². The third-order valence-corrected chi connectivity index (χ3v) is 6.76. The first-order valence-corrected chi connectivity index (χ1v) is 10.3. The molecule has 4 aromatic rings. The number of nitrogens with zero attached hydrogens (tertiary/aromatic N) is 5. The summed E-state index contributed by atoms with van der Waals surface area (Å²) in [5.41, 5.74) is 3.34. The molecule has 28 heavy (non-hydrogen) atoms. The molecule has 5 rings (SSSR count). The van der Waals surface area contributed by atoms with Crippen LogP contribution in [-0.4, -0.2) is 32.4 Å². The lowest BCUT2D eigenvalue weighted by molar-refractivity contribution is 0.221. The molecule has 0 spiro atoms. The van der Waals surface area contributed by atoms with Gasteiger partial charge in [-0.25, -0.2) is 9.65 Å². The van der Waals surface area contributed by atoms with Crippen LogP contribution in [0.25, 0.3) is 31.6 Å². The van der Waals surface area contributed by atoms with E-state index in [9.17, 15) is 4.39 Å². The first kappa shape index (κ1) is 17.4. The minimum absolute atomic E-state index is 0.167. The van der Waals surface area contributed by atoms with Gasteiger partial charge in [0.15, 0.2) is 0 Å². The molecule has 5 nitrogen and oxygen atoms in total. The number of alkyl halides is 1. The normalized spacial score (nSPS) is 20.1. The van der Waals surface area contributed by atoms with Crippen molar-refractivity contribution in [1.82, 2.24) is 19.6 Å². The smallest absolute Gasteiger partial charge is 0.270 e. The molecule has 8 heteroatoms. The van der Waals surface area contributed by atoms with Gasteiger partial charge in [-0.05, 0) is 49.0 Å². The van der Waals surface area contributed by atoms with Gasteiger partial charge in [-0.1, -0.05) is 6.32 Å². The maximum absolute atomic E-state index is 14.5. The van der Waals surface area contributed by atoms with Crippen LogP contribution in [0.4, 0.5) is 4.39 Å². The molecular weight excluding hydrogens is 372 g/mol. The van der Waals surface area contributed by atoms with Crippen molar-refractivity contribution in [2.24, 2.45) is 7.05 Å². The van der Waals surface area contributed by atoms with Crippen LogP contribution in [0.2, 0.25) is 12.6 Å².